The van der Waals surface area contributed by atoms with Gasteiger partial charge in [0.15, 0.2) is 0 Å². The summed E-state index contributed by atoms with van der Waals surface area (Å²) < 4.78 is 11.7. The Morgan fingerprint density at radius 2 is 2.19 bits per heavy atom. The number of carbonyl (C=O) groups is 1. The normalized spacial score (nSPS) is 45.4. The van der Waals surface area contributed by atoms with Crippen molar-refractivity contribution < 1.29 is 14.3 Å². The van der Waals surface area contributed by atoms with Gasteiger partial charge in [-0.1, -0.05) is 11.6 Å². The Kier molecular flexibility index (Phi) is 3.87. The SMILES string of the molecule is C/C1=C/CC[C@@]2(C)O[C@@H]2[C@H]2OC(=O)[C@H](CN(C)C)[C@@H]2CC1. The van der Waals surface area contributed by atoms with E-state index in [1.807, 2.05) is 14.1 Å². The van der Waals surface area contributed by atoms with E-state index in [4.69, 9.17) is 9.47 Å². The minimum Gasteiger partial charge on any atom is -0.459 e. The molecule has 0 saturated carbocycles. The zero-order valence-electron chi connectivity index (χ0n) is 13.6. The van der Waals surface area contributed by atoms with Crippen molar-refractivity contribution in [1.82, 2.24) is 4.90 Å². The van der Waals surface area contributed by atoms with Crippen LogP contribution in [0.1, 0.15) is 39.5 Å². The lowest BCUT2D eigenvalue weighted by molar-refractivity contribution is -0.145. The molecule has 3 rings (SSSR count). The van der Waals surface area contributed by atoms with Crippen molar-refractivity contribution in [3.8, 4) is 0 Å². The number of hydrogen-bond acceptors (Lipinski definition) is 4. The average molecular weight is 293 g/mol. The molecule has 3 aliphatic rings. The van der Waals surface area contributed by atoms with Crippen molar-refractivity contribution in [2.75, 3.05) is 20.6 Å². The summed E-state index contributed by atoms with van der Waals surface area (Å²) in [4.78, 5) is 14.4. The van der Waals surface area contributed by atoms with Crippen LogP contribution < -0.4 is 0 Å². The van der Waals surface area contributed by atoms with Crippen LogP contribution in [0.2, 0.25) is 0 Å². The van der Waals surface area contributed by atoms with Crippen molar-refractivity contribution in [2.24, 2.45) is 11.8 Å². The fourth-order valence-electron chi connectivity index (χ4n) is 3.94. The highest BCUT2D eigenvalue weighted by Crippen LogP contribution is 2.50. The molecule has 2 fully saturated rings. The molecule has 2 aliphatic heterocycles. The first kappa shape index (κ1) is 15.0. The molecule has 0 unspecified atom stereocenters. The van der Waals surface area contributed by atoms with Gasteiger partial charge in [-0.25, -0.2) is 0 Å². The van der Waals surface area contributed by atoms with Gasteiger partial charge in [-0.05, 0) is 53.6 Å². The van der Waals surface area contributed by atoms with E-state index in [9.17, 15) is 4.79 Å². The molecule has 1 aliphatic carbocycles. The molecular weight excluding hydrogens is 266 g/mol. The van der Waals surface area contributed by atoms with Gasteiger partial charge in [0.05, 0.1) is 11.5 Å². The van der Waals surface area contributed by atoms with Gasteiger partial charge >= 0.3 is 5.97 Å². The summed E-state index contributed by atoms with van der Waals surface area (Å²) in [6.45, 7) is 5.13. The maximum absolute atomic E-state index is 12.3. The number of rotatable bonds is 2. The molecule has 4 heteroatoms. The lowest BCUT2D eigenvalue weighted by Crippen LogP contribution is -2.34. The zero-order chi connectivity index (χ0) is 15.2. The van der Waals surface area contributed by atoms with Crippen molar-refractivity contribution >= 4 is 5.97 Å². The van der Waals surface area contributed by atoms with E-state index in [0.29, 0.717) is 0 Å². The number of hydrogen-bond donors (Lipinski definition) is 0. The Labute approximate surface area is 127 Å². The van der Waals surface area contributed by atoms with Gasteiger partial charge in [-0.2, -0.15) is 0 Å². The molecule has 0 aromatic heterocycles. The number of allylic oxidation sites excluding steroid dienone is 2. The van der Waals surface area contributed by atoms with Gasteiger partial charge < -0.3 is 14.4 Å². The molecule has 0 N–H and O–H groups in total. The van der Waals surface area contributed by atoms with Gasteiger partial charge in [-0.3, -0.25) is 4.79 Å². The quantitative estimate of drug-likeness (QED) is 0.445. The summed E-state index contributed by atoms with van der Waals surface area (Å²) in [5.74, 6) is 0.247. The minimum atomic E-state index is -0.0929. The lowest BCUT2D eigenvalue weighted by atomic mass is 9.80. The van der Waals surface area contributed by atoms with Gasteiger partial charge in [-0.15, -0.1) is 0 Å². The third kappa shape index (κ3) is 2.88. The highest BCUT2D eigenvalue weighted by Gasteiger charge is 2.62. The number of fused-ring (bicyclic) bond motifs is 3. The molecule has 118 valence electrons. The summed E-state index contributed by atoms with van der Waals surface area (Å²) >= 11 is 0. The van der Waals surface area contributed by atoms with Crippen LogP contribution in [0.4, 0.5) is 0 Å². The monoisotopic (exact) mass is 293 g/mol. The van der Waals surface area contributed by atoms with Crippen molar-refractivity contribution in [1.29, 1.82) is 0 Å². The minimum absolute atomic E-state index is 0.00863. The number of nitrogens with zero attached hydrogens (tertiary/aromatic N) is 1. The van der Waals surface area contributed by atoms with Crippen LogP contribution >= 0.6 is 0 Å². The van der Waals surface area contributed by atoms with E-state index in [0.717, 1.165) is 32.2 Å². The molecule has 0 radical (unpaired) electrons. The van der Waals surface area contributed by atoms with Crippen LogP contribution in [0.3, 0.4) is 0 Å². The Hall–Kier alpha value is -0.870. The Morgan fingerprint density at radius 3 is 2.90 bits per heavy atom. The first-order chi connectivity index (χ1) is 9.90. The van der Waals surface area contributed by atoms with Crippen LogP contribution in [-0.2, 0) is 14.3 Å². The first-order valence-corrected chi connectivity index (χ1v) is 8.09. The molecule has 5 atom stereocenters. The summed E-state index contributed by atoms with van der Waals surface area (Å²) in [5, 5.41) is 0. The van der Waals surface area contributed by atoms with Crippen molar-refractivity contribution in [3.63, 3.8) is 0 Å². The highest BCUT2D eigenvalue weighted by molar-refractivity contribution is 5.75. The molecule has 0 aromatic carbocycles. The molecule has 0 amide bonds. The summed E-state index contributed by atoms with van der Waals surface area (Å²) in [6.07, 6.45) is 6.56. The summed E-state index contributed by atoms with van der Waals surface area (Å²) in [6, 6.07) is 0. The number of ether oxygens (including phenoxy) is 2. The maximum atomic E-state index is 12.3. The van der Waals surface area contributed by atoms with Crippen LogP contribution in [0.25, 0.3) is 0 Å². The van der Waals surface area contributed by atoms with Crippen molar-refractivity contribution in [2.45, 2.75) is 57.3 Å². The molecule has 4 nitrogen and oxygen atoms in total. The Morgan fingerprint density at radius 1 is 1.43 bits per heavy atom. The number of esters is 1. The molecular formula is C17H27NO3. The summed E-state index contributed by atoms with van der Waals surface area (Å²) in [7, 11) is 4.04. The smallest absolute Gasteiger partial charge is 0.311 e. The van der Waals surface area contributed by atoms with E-state index < -0.39 is 0 Å². The van der Waals surface area contributed by atoms with E-state index in [1.165, 1.54) is 5.57 Å². The Balaban J connectivity index is 1.83. The predicted octanol–water partition coefficient (Wildman–Crippen LogP) is 2.38. The van der Waals surface area contributed by atoms with Crippen LogP contribution in [0, 0.1) is 11.8 Å². The van der Waals surface area contributed by atoms with Crippen molar-refractivity contribution in [3.05, 3.63) is 11.6 Å². The molecule has 0 bridgehead atoms. The van der Waals surface area contributed by atoms with Gasteiger partial charge in [0, 0.05) is 12.5 Å². The second kappa shape index (κ2) is 5.40. The molecule has 21 heavy (non-hydrogen) atoms. The molecule has 0 spiro atoms. The topological polar surface area (TPSA) is 42.1 Å². The predicted molar refractivity (Wildman–Crippen MR) is 80.9 cm³/mol. The molecule has 2 saturated heterocycles. The second-order valence-electron chi connectivity index (χ2n) is 7.41. The van der Waals surface area contributed by atoms with Gasteiger partial charge in [0.1, 0.15) is 12.2 Å². The largest absolute Gasteiger partial charge is 0.459 e. The van der Waals surface area contributed by atoms with Gasteiger partial charge in [0.25, 0.3) is 0 Å². The summed E-state index contributed by atoms with van der Waals surface area (Å²) in [5.41, 5.74) is 1.34. The van der Waals surface area contributed by atoms with Crippen LogP contribution in [-0.4, -0.2) is 49.3 Å². The first-order valence-electron chi connectivity index (χ1n) is 8.09. The zero-order valence-corrected chi connectivity index (χ0v) is 13.6. The highest BCUT2D eigenvalue weighted by atomic mass is 16.6. The Bertz CT molecular complexity index is 459. The number of carbonyl (C=O) groups excluding carboxylic acids is 1. The fourth-order valence-corrected chi connectivity index (χ4v) is 3.94. The maximum Gasteiger partial charge on any atom is 0.311 e. The lowest BCUT2D eigenvalue weighted by Gasteiger charge is -2.23. The van der Waals surface area contributed by atoms with E-state index in [1.54, 1.807) is 0 Å². The molecule has 2 heterocycles. The standard InChI is InChI=1S/C17H27NO3/c1-11-6-5-9-17(2)15(21-17)14-12(8-7-11)13(10-18(3)4)16(19)20-14/h6,12-15H,5,7-10H2,1-4H3/b11-6-/t12-,13+,14-,15+,17+/m0/s1. The van der Waals surface area contributed by atoms with E-state index in [-0.39, 0.29) is 35.6 Å². The fraction of sp³-hybridized carbons (Fsp3) is 0.824. The third-order valence-electron chi connectivity index (χ3n) is 5.30. The average Bonchev–Trinajstić information content (AvgIpc) is 2.97. The second-order valence-corrected chi connectivity index (χ2v) is 7.41. The number of epoxide rings is 1. The van der Waals surface area contributed by atoms with Gasteiger partial charge in [0.2, 0.25) is 0 Å². The van der Waals surface area contributed by atoms with Crippen LogP contribution in [0.5, 0.6) is 0 Å². The third-order valence-corrected chi connectivity index (χ3v) is 5.30. The van der Waals surface area contributed by atoms with Crippen LogP contribution in [0.15, 0.2) is 11.6 Å². The molecule has 0 aromatic rings. The van der Waals surface area contributed by atoms with E-state index in [2.05, 4.69) is 24.8 Å². The van der Waals surface area contributed by atoms with E-state index >= 15 is 0 Å².